The van der Waals surface area contributed by atoms with Gasteiger partial charge in [-0.05, 0) is 68.2 Å². The molecule has 0 aromatic heterocycles. The molecule has 0 unspecified atom stereocenters. The van der Waals surface area contributed by atoms with Crippen molar-refractivity contribution in [1.82, 2.24) is 4.90 Å². The first kappa shape index (κ1) is 21.3. The third-order valence-corrected chi connectivity index (χ3v) is 6.41. The SMILES string of the molecule is CS(=O)(=O)c1ccc(NC(=O)CC2CCN(CCNc3ccccc3)CC2)cc1. The van der Waals surface area contributed by atoms with Crippen molar-refractivity contribution >= 4 is 27.1 Å². The Kier molecular flexibility index (Phi) is 7.28. The Labute approximate surface area is 173 Å². The predicted molar refractivity (Wildman–Crippen MR) is 117 cm³/mol. The molecule has 1 heterocycles. The van der Waals surface area contributed by atoms with Gasteiger partial charge in [0.05, 0.1) is 4.90 Å². The molecule has 1 saturated heterocycles. The van der Waals surface area contributed by atoms with Crippen molar-refractivity contribution in [1.29, 1.82) is 0 Å². The highest BCUT2D eigenvalue weighted by molar-refractivity contribution is 7.90. The normalized spacial score (nSPS) is 15.8. The van der Waals surface area contributed by atoms with Gasteiger partial charge >= 0.3 is 0 Å². The van der Waals surface area contributed by atoms with Crippen LogP contribution in [0.4, 0.5) is 11.4 Å². The minimum absolute atomic E-state index is 0.0127. The zero-order valence-electron chi connectivity index (χ0n) is 16.8. The molecule has 0 radical (unpaired) electrons. The lowest BCUT2D eigenvalue weighted by molar-refractivity contribution is -0.117. The molecule has 0 bridgehead atoms. The van der Waals surface area contributed by atoms with Crippen LogP contribution >= 0.6 is 0 Å². The Morgan fingerprint density at radius 1 is 1.00 bits per heavy atom. The first-order valence-corrected chi connectivity index (χ1v) is 11.9. The summed E-state index contributed by atoms with van der Waals surface area (Å²) in [7, 11) is -3.22. The van der Waals surface area contributed by atoms with Crippen molar-refractivity contribution in [2.24, 2.45) is 5.92 Å². The Hall–Kier alpha value is -2.38. The predicted octanol–water partition coefficient (Wildman–Crippen LogP) is 3.24. The standard InChI is InChI=1S/C22H29N3O3S/c1-29(27,28)21-9-7-20(8-10-21)24-22(26)17-18-11-14-25(15-12-18)16-13-23-19-5-3-2-4-6-19/h2-10,18,23H,11-17H2,1H3,(H,24,26). The Balaban J connectivity index is 1.36. The van der Waals surface area contributed by atoms with Gasteiger partial charge in [-0.25, -0.2) is 8.42 Å². The summed E-state index contributed by atoms with van der Waals surface area (Å²) in [6, 6.07) is 16.5. The molecule has 3 rings (SSSR count). The molecule has 156 valence electrons. The summed E-state index contributed by atoms with van der Waals surface area (Å²) in [5.74, 6) is 0.380. The summed E-state index contributed by atoms with van der Waals surface area (Å²) in [6.07, 6.45) is 3.71. The van der Waals surface area contributed by atoms with Crippen LogP contribution < -0.4 is 10.6 Å². The van der Waals surface area contributed by atoms with E-state index in [1.807, 2.05) is 18.2 Å². The maximum Gasteiger partial charge on any atom is 0.224 e. The summed E-state index contributed by atoms with van der Waals surface area (Å²) < 4.78 is 23.0. The number of piperidine rings is 1. The second-order valence-corrected chi connectivity index (χ2v) is 9.64. The highest BCUT2D eigenvalue weighted by Gasteiger charge is 2.21. The van der Waals surface area contributed by atoms with Crippen LogP contribution in [0.25, 0.3) is 0 Å². The molecule has 0 saturated carbocycles. The number of hydrogen-bond acceptors (Lipinski definition) is 5. The van der Waals surface area contributed by atoms with Crippen LogP contribution in [0, 0.1) is 5.92 Å². The largest absolute Gasteiger partial charge is 0.384 e. The molecule has 2 aromatic carbocycles. The van der Waals surface area contributed by atoms with Gasteiger partial charge in [-0.15, -0.1) is 0 Å². The van der Waals surface area contributed by atoms with Gasteiger partial charge in [0.1, 0.15) is 0 Å². The number of benzene rings is 2. The number of para-hydroxylation sites is 1. The number of likely N-dealkylation sites (tertiary alicyclic amines) is 1. The molecule has 0 aliphatic carbocycles. The summed E-state index contributed by atoms with van der Waals surface area (Å²) in [5, 5.41) is 6.31. The van der Waals surface area contributed by atoms with Crippen LogP contribution in [-0.4, -0.2) is 51.7 Å². The van der Waals surface area contributed by atoms with Crippen molar-refractivity contribution < 1.29 is 13.2 Å². The van der Waals surface area contributed by atoms with Crippen molar-refractivity contribution in [3.63, 3.8) is 0 Å². The van der Waals surface area contributed by atoms with Gasteiger partial charge in [0.15, 0.2) is 9.84 Å². The van der Waals surface area contributed by atoms with Crippen LogP contribution in [-0.2, 0) is 14.6 Å². The Bertz CT molecular complexity index is 891. The molecule has 7 heteroatoms. The van der Waals surface area contributed by atoms with E-state index >= 15 is 0 Å². The number of carbonyl (C=O) groups is 1. The monoisotopic (exact) mass is 415 g/mol. The average Bonchev–Trinajstić information content (AvgIpc) is 2.70. The van der Waals surface area contributed by atoms with Crippen molar-refractivity contribution in [2.45, 2.75) is 24.2 Å². The van der Waals surface area contributed by atoms with E-state index in [2.05, 4.69) is 27.7 Å². The fourth-order valence-electron chi connectivity index (χ4n) is 3.59. The zero-order chi connectivity index (χ0) is 20.7. The lowest BCUT2D eigenvalue weighted by Gasteiger charge is -2.31. The topological polar surface area (TPSA) is 78.5 Å². The average molecular weight is 416 g/mol. The minimum Gasteiger partial charge on any atom is -0.384 e. The number of carbonyl (C=O) groups excluding carboxylic acids is 1. The van der Waals surface area contributed by atoms with Gasteiger partial charge in [0.25, 0.3) is 0 Å². The number of rotatable bonds is 8. The molecule has 1 aliphatic rings. The maximum atomic E-state index is 12.3. The van der Waals surface area contributed by atoms with Crippen LogP contribution in [0.5, 0.6) is 0 Å². The van der Waals surface area contributed by atoms with E-state index in [4.69, 9.17) is 0 Å². The van der Waals surface area contributed by atoms with Crippen molar-refractivity contribution in [3.05, 3.63) is 54.6 Å². The number of nitrogens with one attached hydrogen (secondary N) is 2. The second-order valence-electron chi connectivity index (χ2n) is 7.63. The summed E-state index contributed by atoms with van der Waals surface area (Å²) in [6.45, 7) is 3.94. The number of nitrogens with zero attached hydrogens (tertiary/aromatic N) is 1. The molecule has 1 fully saturated rings. The van der Waals surface area contributed by atoms with Gasteiger partial charge in [-0.1, -0.05) is 18.2 Å². The molecule has 0 spiro atoms. The number of anilines is 2. The summed E-state index contributed by atoms with van der Waals surface area (Å²) in [5.41, 5.74) is 1.77. The van der Waals surface area contributed by atoms with Crippen LogP contribution in [0.1, 0.15) is 19.3 Å². The highest BCUT2D eigenvalue weighted by atomic mass is 32.2. The number of sulfone groups is 1. The first-order chi connectivity index (χ1) is 13.9. The van der Waals surface area contributed by atoms with Gasteiger partial charge in [-0.3, -0.25) is 4.79 Å². The molecule has 0 atom stereocenters. The molecule has 1 aliphatic heterocycles. The number of hydrogen-bond donors (Lipinski definition) is 2. The van der Waals surface area contributed by atoms with Gasteiger partial charge in [0, 0.05) is 37.1 Å². The minimum atomic E-state index is -3.22. The van der Waals surface area contributed by atoms with Crippen LogP contribution in [0.3, 0.4) is 0 Å². The Morgan fingerprint density at radius 2 is 1.66 bits per heavy atom. The summed E-state index contributed by atoms with van der Waals surface area (Å²) in [4.78, 5) is 15.0. The quantitative estimate of drug-likeness (QED) is 0.692. The van der Waals surface area contributed by atoms with Gasteiger partial charge in [-0.2, -0.15) is 0 Å². The van der Waals surface area contributed by atoms with Gasteiger partial charge < -0.3 is 15.5 Å². The number of amides is 1. The van der Waals surface area contributed by atoms with E-state index in [-0.39, 0.29) is 10.8 Å². The third-order valence-electron chi connectivity index (χ3n) is 5.28. The van der Waals surface area contributed by atoms with Crippen molar-refractivity contribution in [2.75, 3.05) is 43.1 Å². The van der Waals surface area contributed by atoms with E-state index in [1.165, 1.54) is 18.4 Å². The van der Waals surface area contributed by atoms with E-state index < -0.39 is 9.84 Å². The third kappa shape index (κ3) is 6.87. The smallest absolute Gasteiger partial charge is 0.224 e. The van der Waals surface area contributed by atoms with E-state index in [9.17, 15) is 13.2 Å². The van der Waals surface area contributed by atoms with Crippen LogP contribution in [0.2, 0.25) is 0 Å². The molecule has 2 N–H and O–H groups in total. The molecule has 1 amide bonds. The van der Waals surface area contributed by atoms with E-state index in [0.717, 1.165) is 44.7 Å². The van der Waals surface area contributed by atoms with Crippen LogP contribution in [0.15, 0.2) is 59.5 Å². The second kappa shape index (κ2) is 9.89. The molecule has 29 heavy (non-hydrogen) atoms. The maximum absolute atomic E-state index is 12.3. The fourth-order valence-corrected chi connectivity index (χ4v) is 4.22. The molecular weight excluding hydrogens is 386 g/mol. The first-order valence-electron chi connectivity index (χ1n) is 10.0. The van der Waals surface area contributed by atoms with Gasteiger partial charge in [0.2, 0.25) is 5.91 Å². The zero-order valence-corrected chi connectivity index (χ0v) is 17.6. The van der Waals surface area contributed by atoms with E-state index in [1.54, 1.807) is 12.1 Å². The molecular formula is C22H29N3O3S. The Morgan fingerprint density at radius 3 is 2.28 bits per heavy atom. The fraction of sp³-hybridized carbons (Fsp3) is 0.409. The van der Waals surface area contributed by atoms with E-state index in [0.29, 0.717) is 18.0 Å². The molecule has 6 nitrogen and oxygen atoms in total. The highest BCUT2D eigenvalue weighted by Crippen LogP contribution is 2.21. The molecule has 2 aromatic rings. The summed E-state index contributed by atoms with van der Waals surface area (Å²) >= 11 is 0. The lowest BCUT2D eigenvalue weighted by atomic mass is 9.93. The lowest BCUT2D eigenvalue weighted by Crippen LogP contribution is -2.37. The van der Waals surface area contributed by atoms with Crippen molar-refractivity contribution in [3.8, 4) is 0 Å².